The molecule has 0 bridgehead atoms. The Kier molecular flexibility index (Phi) is 10.6. The third kappa shape index (κ3) is 6.21. The lowest BCUT2D eigenvalue weighted by molar-refractivity contribution is -0.140. The molecule has 1 aliphatic heterocycles. The van der Waals surface area contributed by atoms with Crippen LogP contribution in [0, 0.1) is 21.3 Å². The van der Waals surface area contributed by atoms with E-state index in [1.165, 1.54) is 12.0 Å². The maximum absolute atomic E-state index is 13.2. The molecule has 1 fully saturated rings. The average molecular weight is 628 g/mol. The molecule has 204 valence electrons. The molecular weight excluding hydrogens is 589 g/mol. The van der Waals surface area contributed by atoms with Crippen molar-refractivity contribution in [1.82, 2.24) is 4.90 Å². The fourth-order valence-corrected chi connectivity index (χ4v) is 6.30. The Balaban J connectivity index is 1.86. The summed E-state index contributed by atoms with van der Waals surface area (Å²) in [4.78, 5) is 27.5. The van der Waals surface area contributed by atoms with Gasteiger partial charge in [0.2, 0.25) is 11.8 Å². The summed E-state index contributed by atoms with van der Waals surface area (Å²) in [5.41, 5.74) is 3.44. The number of amides is 2. The number of hydrogen-bond donors (Lipinski definition) is 3. The monoisotopic (exact) mass is 627 g/mol. The molecule has 1 saturated heterocycles. The van der Waals surface area contributed by atoms with Crippen molar-refractivity contribution in [2.45, 2.75) is 52.1 Å². The number of aliphatic hydroxyl groups is 2. The first kappa shape index (κ1) is 29.6. The number of aromatic hydroxyl groups is 1. The maximum atomic E-state index is 13.2. The number of halogens is 1. The molecule has 37 heavy (non-hydrogen) atoms. The lowest BCUT2D eigenvalue weighted by Gasteiger charge is -2.36. The quantitative estimate of drug-likeness (QED) is 0.183. The van der Waals surface area contributed by atoms with Gasteiger partial charge in [-0.2, -0.15) is 0 Å². The van der Waals surface area contributed by atoms with Crippen LogP contribution in [0.3, 0.4) is 0 Å². The Morgan fingerprint density at radius 1 is 1.24 bits per heavy atom. The van der Waals surface area contributed by atoms with Crippen LogP contribution in [0.4, 0.5) is 0 Å². The zero-order chi connectivity index (χ0) is 27.3. The minimum Gasteiger partial charge on any atom is -0.504 e. The highest BCUT2D eigenvalue weighted by Crippen LogP contribution is 2.46. The van der Waals surface area contributed by atoms with E-state index in [0.717, 1.165) is 23.1 Å². The van der Waals surface area contributed by atoms with Crippen LogP contribution in [-0.2, 0) is 14.3 Å². The Bertz CT molecular complexity index is 1070. The molecule has 2 amide bonds. The van der Waals surface area contributed by atoms with Gasteiger partial charge in [-0.15, -0.1) is 0 Å². The van der Waals surface area contributed by atoms with Crippen LogP contribution in [0.5, 0.6) is 11.5 Å². The van der Waals surface area contributed by atoms with Gasteiger partial charge in [-0.3, -0.25) is 14.5 Å². The van der Waals surface area contributed by atoms with Gasteiger partial charge in [0.25, 0.3) is 0 Å². The second kappa shape index (κ2) is 13.2. The van der Waals surface area contributed by atoms with Gasteiger partial charge in [-0.25, -0.2) is 0 Å². The third-order valence-corrected chi connectivity index (χ3v) is 8.25. The van der Waals surface area contributed by atoms with E-state index in [0.29, 0.717) is 47.1 Å². The van der Waals surface area contributed by atoms with Gasteiger partial charge in [-0.05, 0) is 83.5 Å². The van der Waals surface area contributed by atoms with Crippen LogP contribution in [0.1, 0.15) is 51.5 Å². The molecule has 8 nitrogen and oxygen atoms in total. The Morgan fingerprint density at radius 3 is 2.57 bits per heavy atom. The van der Waals surface area contributed by atoms with Crippen LogP contribution in [0.25, 0.3) is 6.08 Å². The molecule has 4 atom stereocenters. The summed E-state index contributed by atoms with van der Waals surface area (Å²) in [7, 11) is 3.07. The Morgan fingerprint density at radius 2 is 1.97 bits per heavy atom. The number of carbonyl (C=O) groups excluding carboxylic acids is 2. The van der Waals surface area contributed by atoms with E-state index < -0.39 is 23.9 Å². The molecule has 3 rings (SSSR count). The van der Waals surface area contributed by atoms with Crippen LogP contribution >= 0.6 is 22.6 Å². The molecule has 0 saturated carbocycles. The smallest absolute Gasteiger partial charge is 0.233 e. The van der Waals surface area contributed by atoms with Crippen molar-refractivity contribution >= 4 is 40.5 Å². The van der Waals surface area contributed by atoms with Crippen molar-refractivity contribution in [1.29, 1.82) is 0 Å². The number of aliphatic hydroxyl groups excluding tert-OH is 2. The maximum Gasteiger partial charge on any atom is 0.233 e. The minimum atomic E-state index is -0.879. The molecule has 1 aromatic rings. The Labute approximate surface area is 232 Å². The molecule has 0 aromatic heterocycles. The molecule has 3 N–H and O–H groups in total. The number of ether oxygens (including phenoxy) is 2. The predicted octanol–water partition coefficient (Wildman–Crippen LogP) is 3.91. The van der Waals surface area contributed by atoms with Gasteiger partial charge >= 0.3 is 0 Å². The summed E-state index contributed by atoms with van der Waals surface area (Å²) in [6, 6.07) is 3.65. The van der Waals surface area contributed by atoms with Crippen LogP contribution in [-0.4, -0.2) is 72.1 Å². The van der Waals surface area contributed by atoms with Gasteiger partial charge in [0.05, 0.1) is 41.8 Å². The van der Waals surface area contributed by atoms with E-state index in [1.54, 1.807) is 13.2 Å². The van der Waals surface area contributed by atoms with Crippen molar-refractivity contribution in [3.05, 3.63) is 38.0 Å². The molecule has 1 heterocycles. The Hall–Kier alpha value is -1.95. The minimum absolute atomic E-state index is 0.106. The highest BCUT2D eigenvalue weighted by molar-refractivity contribution is 14.1. The van der Waals surface area contributed by atoms with Crippen LogP contribution in [0.2, 0.25) is 0 Å². The lowest BCUT2D eigenvalue weighted by Crippen LogP contribution is -2.39. The average Bonchev–Trinajstić information content (AvgIpc) is 3.12. The zero-order valence-corrected chi connectivity index (χ0v) is 24.2. The number of imide groups is 1. The molecule has 9 heteroatoms. The number of methoxy groups -OCH3 is 2. The summed E-state index contributed by atoms with van der Waals surface area (Å²) >= 11 is 2.06. The molecule has 2 aliphatic rings. The summed E-state index contributed by atoms with van der Waals surface area (Å²) in [5, 5.41) is 31.9. The van der Waals surface area contributed by atoms with Crippen LogP contribution in [0.15, 0.2) is 28.9 Å². The van der Waals surface area contributed by atoms with E-state index in [-0.39, 0.29) is 30.8 Å². The van der Waals surface area contributed by atoms with Gasteiger partial charge in [0, 0.05) is 19.6 Å². The van der Waals surface area contributed by atoms with E-state index in [2.05, 4.69) is 22.6 Å². The zero-order valence-electron chi connectivity index (χ0n) is 22.0. The molecular formula is C28H38INO7. The summed E-state index contributed by atoms with van der Waals surface area (Å²) in [6.45, 7) is 4.25. The number of carbonyl (C=O) groups is 2. The number of nitrogens with zero attached hydrogens (tertiary/aromatic N) is 1. The molecule has 0 spiro atoms. The lowest BCUT2D eigenvalue weighted by atomic mass is 9.68. The fraction of sp³-hybridized carbons (Fsp3) is 0.571. The van der Waals surface area contributed by atoms with E-state index in [1.807, 2.05) is 26.0 Å². The van der Waals surface area contributed by atoms with Crippen molar-refractivity contribution in [3.8, 4) is 11.5 Å². The number of phenols is 1. The number of hydrogen-bond acceptors (Lipinski definition) is 7. The van der Waals surface area contributed by atoms with Crippen molar-refractivity contribution in [2.24, 2.45) is 17.8 Å². The van der Waals surface area contributed by atoms with Crippen molar-refractivity contribution in [3.63, 3.8) is 0 Å². The normalized spacial score (nSPS) is 23.1. The third-order valence-electron chi connectivity index (χ3n) is 7.43. The van der Waals surface area contributed by atoms with E-state index >= 15 is 0 Å². The van der Waals surface area contributed by atoms with E-state index in [4.69, 9.17) is 9.47 Å². The number of likely N-dealkylation sites (tertiary alicyclic amines) is 1. The van der Waals surface area contributed by atoms with Crippen molar-refractivity contribution < 1.29 is 34.4 Å². The van der Waals surface area contributed by atoms with Gasteiger partial charge in [-0.1, -0.05) is 25.5 Å². The molecule has 0 radical (unpaired) electrons. The second-order valence-electron chi connectivity index (χ2n) is 9.71. The SMILES string of the molecule is CCCN1C(=O)[C@@H]2[C@@H](CC(COC)=C([C@H](O)CC/C(=C/c3cc(I)c(O)c(OC)c3)CC)[C@@H]2CO)C1=O. The van der Waals surface area contributed by atoms with Gasteiger partial charge in [0.15, 0.2) is 11.5 Å². The van der Waals surface area contributed by atoms with Crippen LogP contribution < -0.4 is 4.74 Å². The van der Waals surface area contributed by atoms with Crippen molar-refractivity contribution in [2.75, 3.05) is 34.0 Å². The summed E-state index contributed by atoms with van der Waals surface area (Å²) in [5.74, 6) is -1.71. The second-order valence-corrected chi connectivity index (χ2v) is 10.9. The number of rotatable bonds is 12. The highest BCUT2D eigenvalue weighted by Gasteiger charge is 2.54. The molecule has 0 unspecified atom stereocenters. The summed E-state index contributed by atoms with van der Waals surface area (Å²) < 4.78 is 11.4. The highest BCUT2D eigenvalue weighted by atomic mass is 127. The van der Waals surface area contributed by atoms with Gasteiger partial charge < -0.3 is 24.8 Å². The first-order valence-corrected chi connectivity index (χ1v) is 13.9. The standard InChI is InChI=1S/C28H38INO7/c1-5-9-30-27(34)19-13-18(15-36-3)24(20(14-31)25(19)28(30)35)22(32)8-7-16(6-2)10-17-11-21(29)26(33)23(12-17)37-4/h10-12,19-20,22,25,31-33H,5-9,13-15H2,1-4H3/b16-10+/t19-,20+,22-,25-/m1/s1. The fourth-order valence-electron chi connectivity index (χ4n) is 5.67. The number of fused-ring (bicyclic) bond motifs is 1. The largest absolute Gasteiger partial charge is 0.504 e. The number of benzene rings is 1. The number of phenolic OH excluding ortho intramolecular Hbond substituents is 1. The first-order chi connectivity index (χ1) is 17.7. The predicted molar refractivity (Wildman–Crippen MR) is 149 cm³/mol. The summed E-state index contributed by atoms with van der Waals surface area (Å²) in [6.07, 6.45) is 3.95. The topological polar surface area (TPSA) is 117 Å². The van der Waals surface area contributed by atoms with Gasteiger partial charge in [0.1, 0.15) is 0 Å². The number of allylic oxidation sites excluding steroid dienone is 1. The molecule has 1 aliphatic carbocycles. The first-order valence-electron chi connectivity index (χ1n) is 12.8. The molecule has 1 aromatic carbocycles. The van der Waals surface area contributed by atoms with E-state index in [9.17, 15) is 24.9 Å².